The third kappa shape index (κ3) is 2.67. The van der Waals surface area contributed by atoms with E-state index in [-0.39, 0.29) is 17.9 Å². The summed E-state index contributed by atoms with van der Waals surface area (Å²) >= 11 is 0. The first-order valence-corrected chi connectivity index (χ1v) is 6.58. The first kappa shape index (κ1) is 13.7. The van der Waals surface area contributed by atoms with Crippen LogP contribution in [0.3, 0.4) is 0 Å². The van der Waals surface area contributed by atoms with Gasteiger partial charge < -0.3 is 14.8 Å². The molecule has 1 aliphatic heterocycles. The Kier molecular flexibility index (Phi) is 3.98. The minimum absolute atomic E-state index is 0.105. The molecule has 104 valence electrons. The summed E-state index contributed by atoms with van der Waals surface area (Å²) in [6.45, 7) is 4.23. The highest BCUT2D eigenvalue weighted by atomic mass is 16.5. The van der Waals surface area contributed by atoms with Gasteiger partial charge in [0.05, 0.1) is 20.1 Å². The Morgan fingerprint density at radius 2 is 2.11 bits per heavy atom. The number of methoxy groups -OCH3 is 2. The van der Waals surface area contributed by atoms with Crippen molar-refractivity contribution >= 4 is 11.7 Å². The molecular weight excluding hydrogens is 242 g/mol. The Balaban J connectivity index is 2.33. The molecule has 0 bridgehead atoms. The molecule has 4 nitrogen and oxygen atoms in total. The lowest BCUT2D eigenvalue weighted by molar-refractivity contribution is -0.146. The van der Waals surface area contributed by atoms with Crippen molar-refractivity contribution in [3.63, 3.8) is 0 Å². The predicted molar refractivity (Wildman–Crippen MR) is 74.5 cm³/mol. The molecule has 1 heterocycles. The summed E-state index contributed by atoms with van der Waals surface area (Å²) in [5.41, 5.74) is 2.19. The van der Waals surface area contributed by atoms with Crippen LogP contribution in [0.1, 0.15) is 19.4 Å². The van der Waals surface area contributed by atoms with Gasteiger partial charge in [0.15, 0.2) is 0 Å². The molecule has 0 aromatic heterocycles. The van der Waals surface area contributed by atoms with E-state index >= 15 is 0 Å². The molecule has 1 N–H and O–H groups in total. The lowest BCUT2D eigenvalue weighted by atomic mass is 9.82. The van der Waals surface area contributed by atoms with E-state index < -0.39 is 0 Å². The van der Waals surface area contributed by atoms with Crippen LogP contribution in [0.4, 0.5) is 5.69 Å². The van der Waals surface area contributed by atoms with E-state index in [2.05, 4.69) is 19.2 Å². The number of carbonyl (C=O) groups excluding carboxylic acids is 1. The molecule has 1 aromatic carbocycles. The molecule has 4 heteroatoms. The summed E-state index contributed by atoms with van der Waals surface area (Å²) in [7, 11) is 3.09. The van der Waals surface area contributed by atoms with E-state index in [9.17, 15) is 4.79 Å². The molecule has 0 aliphatic carbocycles. The van der Waals surface area contributed by atoms with Crippen molar-refractivity contribution in [2.45, 2.75) is 26.3 Å². The molecule has 0 saturated heterocycles. The molecule has 0 unspecified atom stereocenters. The molecule has 0 fully saturated rings. The number of esters is 1. The Morgan fingerprint density at radius 3 is 2.68 bits per heavy atom. The fourth-order valence-electron chi connectivity index (χ4n) is 2.66. The van der Waals surface area contributed by atoms with Crippen LogP contribution in [0, 0.1) is 11.8 Å². The quantitative estimate of drug-likeness (QED) is 0.851. The fraction of sp³-hybridized carbons (Fsp3) is 0.533. The second kappa shape index (κ2) is 5.51. The monoisotopic (exact) mass is 263 g/mol. The third-order valence-corrected chi connectivity index (χ3v) is 3.73. The van der Waals surface area contributed by atoms with Crippen LogP contribution in [0.25, 0.3) is 0 Å². The molecule has 2 rings (SSSR count). The molecule has 19 heavy (non-hydrogen) atoms. The third-order valence-electron chi connectivity index (χ3n) is 3.73. The van der Waals surface area contributed by atoms with Crippen LogP contribution in [0.5, 0.6) is 5.75 Å². The number of fused-ring (bicyclic) bond motifs is 1. The summed E-state index contributed by atoms with van der Waals surface area (Å²) in [4.78, 5) is 12.0. The Morgan fingerprint density at radius 1 is 1.37 bits per heavy atom. The Bertz CT molecular complexity index is 470. The maximum Gasteiger partial charge on any atom is 0.311 e. The normalized spacial score (nSPS) is 21.5. The number of nitrogens with one attached hydrogen (secondary N) is 1. The van der Waals surface area contributed by atoms with Crippen LogP contribution in [-0.4, -0.2) is 26.2 Å². The Labute approximate surface area is 114 Å². The number of rotatable bonds is 3. The highest BCUT2D eigenvalue weighted by Gasteiger charge is 2.35. The van der Waals surface area contributed by atoms with Crippen molar-refractivity contribution in [2.24, 2.45) is 11.8 Å². The first-order chi connectivity index (χ1) is 9.06. The topological polar surface area (TPSA) is 47.6 Å². The van der Waals surface area contributed by atoms with E-state index in [0.29, 0.717) is 12.3 Å². The van der Waals surface area contributed by atoms with Crippen molar-refractivity contribution in [1.82, 2.24) is 0 Å². The highest BCUT2D eigenvalue weighted by molar-refractivity contribution is 5.76. The number of hydrogen-bond donors (Lipinski definition) is 1. The van der Waals surface area contributed by atoms with Gasteiger partial charge in [0.1, 0.15) is 5.75 Å². The molecule has 0 saturated carbocycles. The number of carbonyl (C=O) groups is 1. The number of anilines is 1. The van der Waals surface area contributed by atoms with Gasteiger partial charge in [-0.1, -0.05) is 13.8 Å². The average molecular weight is 263 g/mol. The van der Waals surface area contributed by atoms with E-state index in [1.807, 2.05) is 18.2 Å². The molecule has 0 radical (unpaired) electrons. The van der Waals surface area contributed by atoms with Crippen LogP contribution in [-0.2, 0) is 16.0 Å². The van der Waals surface area contributed by atoms with E-state index in [0.717, 1.165) is 17.0 Å². The minimum Gasteiger partial charge on any atom is -0.497 e. The van der Waals surface area contributed by atoms with Gasteiger partial charge in [-0.3, -0.25) is 4.79 Å². The van der Waals surface area contributed by atoms with Crippen molar-refractivity contribution in [2.75, 3.05) is 19.5 Å². The Hall–Kier alpha value is -1.71. The average Bonchev–Trinajstić information content (AvgIpc) is 2.44. The maximum atomic E-state index is 12.0. The van der Waals surface area contributed by atoms with Crippen molar-refractivity contribution in [3.05, 3.63) is 23.8 Å². The zero-order chi connectivity index (χ0) is 14.0. The molecule has 0 amide bonds. The van der Waals surface area contributed by atoms with Crippen molar-refractivity contribution in [1.29, 1.82) is 0 Å². The number of ether oxygens (including phenoxy) is 2. The summed E-state index contributed by atoms with van der Waals surface area (Å²) in [6, 6.07) is 6.03. The van der Waals surface area contributed by atoms with Gasteiger partial charge in [0, 0.05) is 11.7 Å². The van der Waals surface area contributed by atoms with Crippen LogP contribution in [0.2, 0.25) is 0 Å². The van der Waals surface area contributed by atoms with Crippen molar-refractivity contribution < 1.29 is 14.3 Å². The van der Waals surface area contributed by atoms with Gasteiger partial charge in [0.25, 0.3) is 0 Å². The number of hydrogen-bond acceptors (Lipinski definition) is 4. The van der Waals surface area contributed by atoms with Gasteiger partial charge >= 0.3 is 5.97 Å². The van der Waals surface area contributed by atoms with Crippen LogP contribution >= 0.6 is 0 Å². The molecule has 1 aromatic rings. The smallest absolute Gasteiger partial charge is 0.311 e. The molecule has 2 atom stereocenters. The standard InChI is InChI=1S/C15H21NO3/c1-9(2)14-12(15(17)19-4)8-10-7-11(18-3)5-6-13(10)16-14/h5-7,9,12,14,16H,8H2,1-4H3/t12-,14-/m1/s1. The summed E-state index contributed by atoms with van der Waals surface area (Å²) in [5.74, 6) is 0.871. The first-order valence-electron chi connectivity index (χ1n) is 6.58. The van der Waals surface area contributed by atoms with Crippen LogP contribution in [0.15, 0.2) is 18.2 Å². The van der Waals surface area contributed by atoms with E-state index in [1.54, 1.807) is 7.11 Å². The molecular formula is C15H21NO3. The second-order valence-electron chi connectivity index (χ2n) is 5.27. The summed E-state index contributed by atoms with van der Waals surface area (Å²) < 4.78 is 10.2. The van der Waals surface area contributed by atoms with Gasteiger partial charge in [-0.05, 0) is 36.1 Å². The largest absolute Gasteiger partial charge is 0.497 e. The predicted octanol–water partition coefficient (Wildman–Crippen LogP) is 2.48. The lowest BCUT2D eigenvalue weighted by Gasteiger charge is -2.35. The SMILES string of the molecule is COC(=O)[C@@H]1Cc2cc(OC)ccc2N[C@@H]1C(C)C. The maximum absolute atomic E-state index is 12.0. The fourth-order valence-corrected chi connectivity index (χ4v) is 2.66. The minimum atomic E-state index is -0.153. The van der Waals surface area contributed by atoms with Gasteiger partial charge in [-0.25, -0.2) is 0 Å². The summed E-state index contributed by atoms with van der Waals surface area (Å²) in [6.07, 6.45) is 0.690. The zero-order valence-electron chi connectivity index (χ0n) is 11.9. The summed E-state index contributed by atoms with van der Waals surface area (Å²) in [5, 5.41) is 3.46. The van der Waals surface area contributed by atoms with Crippen LogP contribution < -0.4 is 10.1 Å². The van der Waals surface area contributed by atoms with Crippen molar-refractivity contribution in [3.8, 4) is 5.75 Å². The molecule has 1 aliphatic rings. The highest BCUT2D eigenvalue weighted by Crippen LogP contribution is 2.34. The second-order valence-corrected chi connectivity index (χ2v) is 5.27. The van der Waals surface area contributed by atoms with E-state index in [4.69, 9.17) is 9.47 Å². The lowest BCUT2D eigenvalue weighted by Crippen LogP contribution is -2.43. The van der Waals surface area contributed by atoms with Gasteiger partial charge in [-0.2, -0.15) is 0 Å². The van der Waals surface area contributed by atoms with E-state index in [1.165, 1.54) is 7.11 Å². The van der Waals surface area contributed by atoms with Gasteiger partial charge in [0.2, 0.25) is 0 Å². The van der Waals surface area contributed by atoms with Gasteiger partial charge in [-0.15, -0.1) is 0 Å². The number of benzene rings is 1. The zero-order valence-corrected chi connectivity index (χ0v) is 11.9. The molecule has 0 spiro atoms.